The smallest absolute Gasteiger partial charge is 0.407 e. The molecule has 0 saturated heterocycles. The highest BCUT2D eigenvalue weighted by Gasteiger charge is 2.45. The Morgan fingerprint density at radius 3 is 1.93 bits per heavy atom. The van der Waals surface area contributed by atoms with Crippen LogP contribution in [0.15, 0.2) is 78.9 Å². The van der Waals surface area contributed by atoms with Crippen molar-refractivity contribution < 1.29 is 33.8 Å². The Hall–Kier alpha value is -4.66. The van der Waals surface area contributed by atoms with Gasteiger partial charge in [-0.1, -0.05) is 78.9 Å². The minimum absolute atomic E-state index is 0.00348. The molecule has 3 N–H and O–H groups in total. The number of alkyl carbamates (subject to hydrolysis) is 1. The molecular weight excluding hydrogens is 536 g/mol. The number of carboxylic acid groups (broad SMARTS) is 1. The summed E-state index contributed by atoms with van der Waals surface area (Å²) in [6.45, 7) is 6.12. The summed E-state index contributed by atoms with van der Waals surface area (Å²) in [7, 11) is 0. The molecular formula is C33H36N2O7. The van der Waals surface area contributed by atoms with Gasteiger partial charge >= 0.3 is 18.0 Å². The van der Waals surface area contributed by atoms with Crippen LogP contribution in [0.5, 0.6) is 0 Å². The summed E-state index contributed by atoms with van der Waals surface area (Å²) in [5, 5.41) is 14.9. The van der Waals surface area contributed by atoms with E-state index in [1.54, 1.807) is 26.0 Å². The Balaban J connectivity index is 1.46. The van der Waals surface area contributed by atoms with Crippen molar-refractivity contribution in [3.63, 3.8) is 0 Å². The highest BCUT2D eigenvalue weighted by molar-refractivity contribution is 5.91. The largest absolute Gasteiger partial charge is 0.481 e. The third kappa shape index (κ3) is 6.62. The molecule has 0 unspecified atom stereocenters. The Morgan fingerprint density at radius 1 is 0.810 bits per heavy atom. The highest BCUT2D eigenvalue weighted by Crippen LogP contribution is 2.44. The lowest BCUT2D eigenvalue weighted by molar-refractivity contribution is -0.153. The van der Waals surface area contributed by atoms with E-state index in [1.165, 1.54) is 13.8 Å². The minimum Gasteiger partial charge on any atom is -0.481 e. The van der Waals surface area contributed by atoms with Crippen LogP contribution in [0.3, 0.4) is 0 Å². The van der Waals surface area contributed by atoms with Gasteiger partial charge in [0, 0.05) is 5.92 Å². The highest BCUT2D eigenvalue weighted by atomic mass is 16.5. The van der Waals surface area contributed by atoms with E-state index < -0.39 is 47.4 Å². The minimum atomic E-state index is -1.37. The number of ether oxygens (including phenoxy) is 2. The van der Waals surface area contributed by atoms with Crippen LogP contribution in [-0.2, 0) is 30.5 Å². The van der Waals surface area contributed by atoms with E-state index in [0.717, 1.165) is 27.8 Å². The summed E-state index contributed by atoms with van der Waals surface area (Å²) in [6.07, 6.45) is -1.37. The molecule has 9 heteroatoms. The zero-order valence-corrected chi connectivity index (χ0v) is 24.2. The van der Waals surface area contributed by atoms with Crippen molar-refractivity contribution in [1.29, 1.82) is 0 Å². The van der Waals surface area contributed by atoms with Gasteiger partial charge in [-0.05, 0) is 55.5 Å². The number of rotatable bonds is 11. The summed E-state index contributed by atoms with van der Waals surface area (Å²) >= 11 is 0. The number of benzene rings is 3. The van der Waals surface area contributed by atoms with Gasteiger partial charge in [0.05, 0.1) is 17.4 Å². The second kappa shape index (κ2) is 12.5. The summed E-state index contributed by atoms with van der Waals surface area (Å²) in [5.74, 6) is -2.76. The first-order chi connectivity index (χ1) is 19.9. The zero-order chi connectivity index (χ0) is 30.5. The number of carboxylic acids is 1. The zero-order valence-electron chi connectivity index (χ0n) is 24.2. The SMILES string of the molecule is CC(C)(NC(=O)[C@H](CC(=O)OCc1ccccc1)NC(=O)OCC1c2ccccc2-c2ccccc21)C(C)(C)C(=O)O. The van der Waals surface area contributed by atoms with Crippen LogP contribution in [-0.4, -0.2) is 47.2 Å². The van der Waals surface area contributed by atoms with E-state index in [0.29, 0.717) is 0 Å². The predicted molar refractivity (Wildman–Crippen MR) is 156 cm³/mol. The maximum absolute atomic E-state index is 13.4. The summed E-state index contributed by atoms with van der Waals surface area (Å²) in [5.41, 5.74) is 2.38. The van der Waals surface area contributed by atoms with Gasteiger partial charge in [0.2, 0.25) is 5.91 Å². The van der Waals surface area contributed by atoms with Gasteiger partial charge in [-0.15, -0.1) is 0 Å². The fraction of sp³-hybridized carbons (Fsp3) is 0.333. The van der Waals surface area contributed by atoms with Crippen molar-refractivity contribution in [3.05, 3.63) is 95.6 Å². The molecule has 0 fully saturated rings. The predicted octanol–water partition coefficient (Wildman–Crippen LogP) is 5.03. The van der Waals surface area contributed by atoms with Gasteiger partial charge in [-0.2, -0.15) is 0 Å². The fourth-order valence-electron chi connectivity index (χ4n) is 4.77. The lowest BCUT2D eigenvalue weighted by atomic mass is 9.74. The van der Waals surface area contributed by atoms with Crippen LogP contribution in [0, 0.1) is 5.41 Å². The standard InChI is InChI=1S/C33H36N2O7/c1-32(2,30(38)39)33(3,4)35-29(37)27(18-28(36)41-19-21-12-6-5-7-13-21)34-31(40)42-20-26-24-16-10-8-14-22(24)23-15-9-11-17-25(23)26/h5-17,26-27H,18-20H2,1-4H3,(H,34,40)(H,35,37)(H,38,39)/t27-/m0/s1. The molecule has 2 amide bonds. The molecule has 0 heterocycles. The number of nitrogens with one attached hydrogen (secondary N) is 2. The Bertz CT molecular complexity index is 1420. The van der Waals surface area contributed by atoms with Crippen molar-refractivity contribution in [3.8, 4) is 11.1 Å². The molecule has 4 rings (SSSR count). The number of hydrogen-bond donors (Lipinski definition) is 3. The summed E-state index contributed by atoms with van der Waals surface area (Å²) < 4.78 is 10.9. The molecule has 1 atom stereocenters. The number of aliphatic carboxylic acids is 1. The third-order valence-electron chi connectivity index (χ3n) is 8.10. The average molecular weight is 573 g/mol. The number of amides is 2. The van der Waals surface area contributed by atoms with Crippen molar-refractivity contribution in [2.24, 2.45) is 5.41 Å². The molecule has 9 nitrogen and oxygen atoms in total. The van der Waals surface area contributed by atoms with Gasteiger partial charge in [0.15, 0.2) is 0 Å². The first-order valence-corrected chi connectivity index (χ1v) is 13.8. The number of carbonyl (C=O) groups excluding carboxylic acids is 3. The first-order valence-electron chi connectivity index (χ1n) is 13.8. The van der Waals surface area contributed by atoms with Crippen molar-refractivity contribution in [2.45, 2.75) is 58.2 Å². The van der Waals surface area contributed by atoms with Crippen molar-refractivity contribution in [1.82, 2.24) is 10.6 Å². The summed E-state index contributed by atoms with van der Waals surface area (Å²) in [4.78, 5) is 51.0. The van der Waals surface area contributed by atoms with Crippen LogP contribution < -0.4 is 10.6 Å². The van der Waals surface area contributed by atoms with Crippen LogP contribution in [0.2, 0.25) is 0 Å². The average Bonchev–Trinajstić information content (AvgIpc) is 3.28. The molecule has 0 aliphatic heterocycles. The second-order valence-electron chi connectivity index (χ2n) is 11.4. The number of carbonyl (C=O) groups is 4. The van der Waals surface area contributed by atoms with E-state index >= 15 is 0 Å². The van der Waals surface area contributed by atoms with Crippen LogP contribution in [0.4, 0.5) is 4.79 Å². The second-order valence-corrected chi connectivity index (χ2v) is 11.4. The molecule has 220 valence electrons. The lowest BCUT2D eigenvalue weighted by Gasteiger charge is -2.39. The third-order valence-corrected chi connectivity index (χ3v) is 8.10. The molecule has 0 spiro atoms. The molecule has 0 aromatic heterocycles. The van der Waals surface area contributed by atoms with Crippen molar-refractivity contribution in [2.75, 3.05) is 6.61 Å². The molecule has 3 aromatic carbocycles. The number of hydrogen-bond acceptors (Lipinski definition) is 6. The maximum atomic E-state index is 13.4. The van der Waals surface area contributed by atoms with Gasteiger partial charge in [-0.25, -0.2) is 4.79 Å². The molecule has 0 saturated carbocycles. The van der Waals surface area contributed by atoms with Gasteiger partial charge < -0.3 is 25.2 Å². The maximum Gasteiger partial charge on any atom is 0.407 e. The van der Waals surface area contributed by atoms with E-state index in [1.807, 2.05) is 66.7 Å². The van der Waals surface area contributed by atoms with Crippen LogP contribution >= 0.6 is 0 Å². The molecule has 1 aliphatic rings. The van der Waals surface area contributed by atoms with Gasteiger partial charge in [0.25, 0.3) is 0 Å². The fourth-order valence-corrected chi connectivity index (χ4v) is 4.77. The Morgan fingerprint density at radius 2 is 1.36 bits per heavy atom. The molecule has 1 aliphatic carbocycles. The molecule has 0 radical (unpaired) electrons. The summed E-state index contributed by atoms with van der Waals surface area (Å²) in [6, 6.07) is 23.5. The van der Waals surface area contributed by atoms with Crippen LogP contribution in [0.1, 0.15) is 56.7 Å². The van der Waals surface area contributed by atoms with Gasteiger partial charge in [-0.3, -0.25) is 14.4 Å². The first kappa shape index (κ1) is 30.3. The normalized spacial score (nSPS) is 13.3. The Kier molecular flexibility index (Phi) is 8.99. The molecule has 42 heavy (non-hydrogen) atoms. The lowest BCUT2D eigenvalue weighted by Crippen LogP contribution is -2.61. The number of fused-ring (bicyclic) bond motifs is 3. The monoisotopic (exact) mass is 572 g/mol. The Labute approximate surface area is 245 Å². The van der Waals surface area contributed by atoms with Gasteiger partial charge in [0.1, 0.15) is 19.3 Å². The quantitative estimate of drug-likeness (QED) is 0.275. The van der Waals surface area contributed by atoms with Crippen LogP contribution in [0.25, 0.3) is 11.1 Å². The van der Waals surface area contributed by atoms with E-state index in [-0.39, 0.29) is 19.1 Å². The number of esters is 1. The topological polar surface area (TPSA) is 131 Å². The molecule has 0 bridgehead atoms. The van der Waals surface area contributed by atoms with Crippen molar-refractivity contribution >= 4 is 23.9 Å². The van der Waals surface area contributed by atoms with E-state index in [4.69, 9.17) is 9.47 Å². The van der Waals surface area contributed by atoms with E-state index in [9.17, 15) is 24.3 Å². The molecule has 3 aromatic rings. The van der Waals surface area contributed by atoms with E-state index in [2.05, 4.69) is 10.6 Å².